The first kappa shape index (κ1) is 20.0. The van der Waals surface area contributed by atoms with Gasteiger partial charge < -0.3 is 14.9 Å². The highest BCUT2D eigenvalue weighted by molar-refractivity contribution is 6.12. The molecule has 1 aliphatic heterocycles. The number of aliphatic imine (C=N–C) groups is 1. The summed E-state index contributed by atoms with van der Waals surface area (Å²) in [4.78, 5) is 4.88. The first-order valence-corrected chi connectivity index (χ1v) is 9.99. The molecule has 0 spiro atoms. The molecular formula is C25H24BN3O. The van der Waals surface area contributed by atoms with Gasteiger partial charge in [-0.15, -0.1) is 0 Å². The standard InChI is InChI=1S/C25H24BN3O/c1-17-16-19(28-25(17)22(13-14-27)23-8-5-15-29(23)26)11-9-18-10-12-24(30-2)21-7-4-3-6-20(18)21/h3-12,15-16H,13-14,27H2,1-2H3/b11-9+,25-22-. The van der Waals surface area contributed by atoms with Crippen molar-refractivity contribution < 1.29 is 4.74 Å². The predicted octanol–water partition coefficient (Wildman–Crippen LogP) is 4.76. The number of nitrogens with zero attached hydrogens (tertiary/aromatic N) is 2. The van der Waals surface area contributed by atoms with E-state index in [9.17, 15) is 0 Å². The molecule has 3 aromatic rings. The zero-order valence-corrected chi connectivity index (χ0v) is 17.3. The molecule has 30 heavy (non-hydrogen) atoms. The lowest BCUT2D eigenvalue weighted by atomic mass is 10.0. The lowest BCUT2D eigenvalue weighted by Gasteiger charge is -2.11. The highest BCUT2D eigenvalue weighted by Gasteiger charge is 2.17. The summed E-state index contributed by atoms with van der Waals surface area (Å²) in [6, 6.07) is 16.2. The van der Waals surface area contributed by atoms with Crippen LogP contribution in [0, 0.1) is 0 Å². The molecule has 0 amide bonds. The number of aromatic nitrogens is 1. The van der Waals surface area contributed by atoms with Gasteiger partial charge in [-0.05, 0) is 73.0 Å². The third-order valence-corrected chi connectivity index (χ3v) is 5.32. The molecule has 2 radical (unpaired) electrons. The number of allylic oxidation sites excluding steroid dienone is 3. The third kappa shape index (κ3) is 3.76. The van der Waals surface area contributed by atoms with Crippen LogP contribution in [-0.4, -0.2) is 31.8 Å². The lowest BCUT2D eigenvalue weighted by Crippen LogP contribution is -2.05. The van der Waals surface area contributed by atoms with Gasteiger partial charge in [-0.1, -0.05) is 36.4 Å². The van der Waals surface area contributed by atoms with Crippen molar-refractivity contribution in [3.05, 3.63) is 89.4 Å². The Labute approximate surface area is 178 Å². The van der Waals surface area contributed by atoms with Crippen molar-refractivity contribution in [3.8, 4) is 5.75 Å². The maximum Gasteiger partial charge on any atom is 0.234 e. The van der Waals surface area contributed by atoms with Crippen molar-refractivity contribution in [3.63, 3.8) is 0 Å². The van der Waals surface area contributed by atoms with Gasteiger partial charge in [0.1, 0.15) is 5.75 Å². The topological polar surface area (TPSA) is 52.5 Å². The summed E-state index contributed by atoms with van der Waals surface area (Å²) in [7, 11) is 7.78. The van der Waals surface area contributed by atoms with Gasteiger partial charge in [-0.2, -0.15) is 0 Å². The molecule has 2 N–H and O–H groups in total. The number of methoxy groups -OCH3 is 1. The lowest BCUT2D eigenvalue weighted by molar-refractivity contribution is 0.420. The zero-order chi connectivity index (χ0) is 21.1. The molecule has 0 bridgehead atoms. The minimum Gasteiger partial charge on any atom is -0.496 e. The maximum atomic E-state index is 6.08. The zero-order valence-electron chi connectivity index (χ0n) is 17.3. The first-order chi connectivity index (χ1) is 14.6. The van der Waals surface area contributed by atoms with Crippen LogP contribution in [0.5, 0.6) is 5.75 Å². The monoisotopic (exact) mass is 393 g/mol. The molecular weight excluding hydrogens is 369 g/mol. The largest absolute Gasteiger partial charge is 0.496 e. The molecule has 0 atom stereocenters. The van der Waals surface area contributed by atoms with E-state index in [0.29, 0.717) is 13.0 Å². The van der Waals surface area contributed by atoms with Crippen LogP contribution < -0.4 is 10.5 Å². The van der Waals surface area contributed by atoms with E-state index in [-0.39, 0.29) is 0 Å². The van der Waals surface area contributed by atoms with E-state index in [1.165, 1.54) is 0 Å². The molecule has 2 heterocycles. The molecule has 2 aromatic carbocycles. The number of nitrogens with two attached hydrogens (primary N) is 1. The molecule has 0 unspecified atom stereocenters. The van der Waals surface area contributed by atoms with Crippen LogP contribution >= 0.6 is 0 Å². The summed E-state index contributed by atoms with van der Waals surface area (Å²) in [6.07, 6.45) is 8.79. The Hall–Kier alpha value is -3.31. The average Bonchev–Trinajstić information content (AvgIpc) is 3.35. The van der Waals surface area contributed by atoms with E-state index in [2.05, 4.69) is 37.3 Å². The number of benzene rings is 2. The van der Waals surface area contributed by atoms with E-state index in [4.69, 9.17) is 23.4 Å². The number of hydrogen-bond donors (Lipinski definition) is 1. The summed E-state index contributed by atoms with van der Waals surface area (Å²) < 4.78 is 7.12. The van der Waals surface area contributed by atoms with Gasteiger partial charge in [-0.25, -0.2) is 4.99 Å². The van der Waals surface area contributed by atoms with Gasteiger partial charge in [0.25, 0.3) is 0 Å². The quantitative estimate of drug-likeness (QED) is 0.614. The Morgan fingerprint density at radius 3 is 2.60 bits per heavy atom. The SMILES string of the molecule is [B]n1cccc1/C(CCN)=C1N=C(/C=C/c2ccc(OC)c3ccccc23)C=C\1C. The molecule has 4 rings (SSSR count). The average molecular weight is 393 g/mol. The molecule has 4 nitrogen and oxygen atoms in total. The van der Waals surface area contributed by atoms with E-state index in [1.807, 2.05) is 42.6 Å². The minimum absolute atomic E-state index is 0.538. The van der Waals surface area contributed by atoms with E-state index < -0.39 is 0 Å². The van der Waals surface area contributed by atoms with Gasteiger partial charge in [0.15, 0.2) is 0 Å². The Balaban J connectivity index is 1.72. The Morgan fingerprint density at radius 1 is 1.10 bits per heavy atom. The molecule has 1 aromatic heterocycles. The van der Waals surface area contributed by atoms with Crippen LogP contribution in [-0.2, 0) is 0 Å². The maximum absolute atomic E-state index is 6.08. The minimum atomic E-state index is 0.538. The van der Waals surface area contributed by atoms with Crippen molar-refractivity contribution in [1.82, 2.24) is 4.48 Å². The highest BCUT2D eigenvalue weighted by Crippen LogP contribution is 2.32. The Kier molecular flexibility index (Phi) is 5.73. The normalized spacial score (nSPS) is 15.6. The fourth-order valence-corrected chi connectivity index (χ4v) is 3.89. The number of fused-ring (bicyclic) bond motifs is 1. The highest BCUT2D eigenvalue weighted by atomic mass is 16.5. The van der Waals surface area contributed by atoms with E-state index in [1.54, 1.807) is 11.6 Å². The van der Waals surface area contributed by atoms with Crippen LogP contribution in [0.3, 0.4) is 0 Å². The van der Waals surface area contributed by atoms with Crippen LogP contribution in [0.15, 0.2) is 83.1 Å². The van der Waals surface area contributed by atoms with Crippen LogP contribution in [0.25, 0.3) is 22.4 Å². The molecule has 0 aliphatic carbocycles. The summed E-state index contributed by atoms with van der Waals surface area (Å²) in [5.74, 6) is 0.873. The second-order valence-electron chi connectivity index (χ2n) is 7.27. The molecule has 0 saturated carbocycles. The fraction of sp³-hybridized carbons (Fsp3) is 0.160. The van der Waals surface area contributed by atoms with Crippen molar-refractivity contribution in [2.75, 3.05) is 13.7 Å². The van der Waals surface area contributed by atoms with Crippen molar-refractivity contribution >= 4 is 36.1 Å². The van der Waals surface area contributed by atoms with Gasteiger partial charge in [0.2, 0.25) is 7.98 Å². The number of ether oxygens (including phenoxy) is 1. The molecule has 0 saturated heterocycles. The van der Waals surface area contributed by atoms with Crippen LogP contribution in [0.2, 0.25) is 0 Å². The Morgan fingerprint density at radius 2 is 1.90 bits per heavy atom. The smallest absolute Gasteiger partial charge is 0.234 e. The first-order valence-electron chi connectivity index (χ1n) is 9.99. The summed E-state index contributed by atoms with van der Waals surface area (Å²) in [6.45, 7) is 2.61. The second kappa shape index (κ2) is 8.60. The second-order valence-corrected chi connectivity index (χ2v) is 7.27. The van der Waals surface area contributed by atoms with Gasteiger partial charge in [-0.3, -0.25) is 0 Å². The summed E-state index contributed by atoms with van der Waals surface area (Å²) >= 11 is 0. The van der Waals surface area contributed by atoms with Crippen LogP contribution in [0.4, 0.5) is 0 Å². The van der Waals surface area contributed by atoms with Gasteiger partial charge in [0.05, 0.1) is 18.5 Å². The third-order valence-electron chi connectivity index (χ3n) is 5.32. The van der Waals surface area contributed by atoms with E-state index >= 15 is 0 Å². The fourth-order valence-electron chi connectivity index (χ4n) is 3.89. The molecule has 0 fully saturated rings. The Bertz CT molecular complexity index is 1210. The predicted molar refractivity (Wildman–Crippen MR) is 127 cm³/mol. The van der Waals surface area contributed by atoms with Gasteiger partial charge >= 0.3 is 0 Å². The summed E-state index contributed by atoms with van der Waals surface area (Å²) in [5, 5.41) is 2.24. The molecule has 5 heteroatoms. The summed E-state index contributed by atoms with van der Waals surface area (Å²) in [5.41, 5.74) is 12.0. The van der Waals surface area contributed by atoms with Crippen molar-refractivity contribution in [2.24, 2.45) is 10.7 Å². The van der Waals surface area contributed by atoms with Crippen LogP contribution in [0.1, 0.15) is 24.6 Å². The van der Waals surface area contributed by atoms with Gasteiger partial charge in [0, 0.05) is 16.7 Å². The number of hydrogen-bond acceptors (Lipinski definition) is 3. The van der Waals surface area contributed by atoms with Crippen molar-refractivity contribution in [2.45, 2.75) is 13.3 Å². The van der Waals surface area contributed by atoms with Crippen molar-refractivity contribution in [1.29, 1.82) is 0 Å². The molecule has 148 valence electrons. The number of rotatable bonds is 6. The molecule has 1 aliphatic rings. The van der Waals surface area contributed by atoms with E-state index in [0.717, 1.165) is 50.3 Å².